The Morgan fingerprint density at radius 1 is 1.10 bits per heavy atom. The average molecular weight is 292 g/mol. The van der Waals surface area contributed by atoms with Crippen LogP contribution in [0.15, 0.2) is 24.3 Å². The molecule has 6 heteroatoms. The van der Waals surface area contributed by atoms with Crippen molar-refractivity contribution in [2.45, 2.75) is 32.6 Å². The van der Waals surface area contributed by atoms with Crippen molar-refractivity contribution >= 4 is 17.8 Å². The molecule has 6 nitrogen and oxygen atoms in total. The van der Waals surface area contributed by atoms with E-state index in [0.29, 0.717) is 6.42 Å². The van der Waals surface area contributed by atoms with Gasteiger partial charge in [-0.1, -0.05) is 25.8 Å². The van der Waals surface area contributed by atoms with E-state index in [4.69, 9.17) is 0 Å². The Kier molecular flexibility index (Phi) is 6.94. The fourth-order valence-corrected chi connectivity index (χ4v) is 1.70. The second-order valence-corrected chi connectivity index (χ2v) is 4.53. The summed E-state index contributed by atoms with van der Waals surface area (Å²) < 4.78 is 4.58. The Morgan fingerprint density at radius 3 is 2.48 bits per heavy atom. The molecule has 1 rings (SSSR count). The predicted molar refractivity (Wildman–Crippen MR) is 77.5 cm³/mol. The molecule has 0 saturated heterocycles. The van der Waals surface area contributed by atoms with Crippen molar-refractivity contribution in [2.75, 3.05) is 7.11 Å². The van der Waals surface area contributed by atoms with Gasteiger partial charge in [0.05, 0.1) is 12.7 Å². The van der Waals surface area contributed by atoms with Crippen molar-refractivity contribution in [3.8, 4) is 0 Å². The van der Waals surface area contributed by atoms with Crippen LogP contribution >= 0.6 is 0 Å². The van der Waals surface area contributed by atoms with E-state index in [1.54, 1.807) is 18.2 Å². The fraction of sp³-hybridized carbons (Fsp3) is 0.400. The Labute approximate surface area is 123 Å². The zero-order valence-electron chi connectivity index (χ0n) is 12.3. The van der Waals surface area contributed by atoms with Crippen molar-refractivity contribution in [1.29, 1.82) is 0 Å². The normalized spacial score (nSPS) is 9.81. The van der Waals surface area contributed by atoms with Gasteiger partial charge in [0.25, 0.3) is 5.91 Å². The van der Waals surface area contributed by atoms with Crippen LogP contribution in [0.3, 0.4) is 0 Å². The number of carbonyl (C=O) groups excluding carboxylic acids is 3. The number of hydrogen-bond donors (Lipinski definition) is 2. The van der Waals surface area contributed by atoms with Crippen molar-refractivity contribution < 1.29 is 19.1 Å². The predicted octanol–water partition coefficient (Wildman–Crippen LogP) is 1.81. The molecule has 0 fully saturated rings. The third-order valence-electron chi connectivity index (χ3n) is 2.87. The van der Waals surface area contributed by atoms with E-state index in [1.807, 2.05) is 6.92 Å². The molecule has 0 aromatic heterocycles. The quantitative estimate of drug-likeness (QED) is 0.476. The first-order valence-corrected chi connectivity index (χ1v) is 6.86. The van der Waals surface area contributed by atoms with Crippen molar-refractivity contribution in [1.82, 2.24) is 10.9 Å². The molecule has 1 aromatic rings. The van der Waals surface area contributed by atoms with E-state index in [2.05, 4.69) is 15.6 Å². The standard InChI is InChI=1S/C15H20N2O4/c1-3-4-5-9-13(18)16-17-14(19)11-7-6-8-12(10-11)15(20)21-2/h6-8,10H,3-5,9H2,1-2H3,(H,16,18)(H,17,19). The van der Waals surface area contributed by atoms with Crippen LogP contribution in [-0.2, 0) is 9.53 Å². The maximum Gasteiger partial charge on any atom is 0.337 e. The molecule has 0 aliphatic rings. The van der Waals surface area contributed by atoms with E-state index < -0.39 is 11.9 Å². The van der Waals surface area contributed by atoms with Gasteiger partial charge in [-0.3, -0.25) is 20.4 Å². The van der Waals surface area contributed by atoms with Gasteiger partial charge in [0, 0.05) is 12.0 Å². The summed E-state index contributed by atoms with van der Waals surface area (Å²) >= 11 is 0. The Balaban J connectivity index is 2.52. The molecule has 0 spiro atoms. The molecule has 0 unspecified atom stereocenters. The van der Waals surface area contributed by atoms with Crippen molar-refractivity contribution in [3.05, 3.63) is 35.4 Å². The van der Waals surface area contributed by atoms with Gasteiger partial charge in [0.1, 0.15) is 0 Å². The number of hydrazine groups is 1. The van der Waals surface area contributed by atoms with Crippen molar-refractivity contribution in [3.63, 3.8) is 0 Å². The average Bonchev–Trinajstić information content (AvgIpc) is 2.52. The van der Waals surface area contributed by atoms with Gasteiger partial charge in [0.15, 0.2) is 0 Å². The van der Waals surface area contributed by atoms with Gasteiger partial charge < -0.3 is 4.74 Å². The molecule has 0 radical (unpaired) electrons. The largest absolute Gasteiger partial charge is 0.465 e. The van der Waals surface area contributed by atoms with Crippen LogP contribution in [0.4, 0.5) is 0 Å². The van der Waals surface area contributed by atoms with Crippen LogP contribution in [-0.4, -0.2) is 24.9 Å². The topological polar surface area (TPSA) is 84.5 Å². The minimum absolute atomic E-state index is 0.235. The second kappa shape index (κ2) is 8.73. The number of carbonyl (C=O) groups is 3. The molecule has 2 amide bonds. The van der Waals surface area contributed by atoms with Gasteiger partial charge in [0.2, 0.25) is 5.91 Å². The molecule has 21 heavy (non-hydrogen) atoms. The minimum atomic E-state index is -0.520. The number of hydrogen-bond acceptors (Lipinski definition) is 4. The highest BCUT2D eigenvalue weighted by molar-refractivity contribution is 5.98. The molecule has 0 heterocycles. The lowest BCUT2D eigenvalue weighted by Crippen LogP contribution is -2.41. The van der Waals surface area contributed by atoms with E-state index >= 15 is 0 Å². The highest BCUT2D eigenvalue weighted by Gasteiger charge is 2.11. The molecule has 1 aromatic carbocycles. The van der Waals surface area contributed by atoms with Crippen LogP contribution in [0.25, 0.3) is 0 Å². The molecule has 114 valence electrons. The lowest BCUT2D eigenvalue weighted by atomic mass is 10.1. The summed E-state index contributed by atoms with van der Waals surface area (Å²) in [6, 6.07) is 6.07. The highest BCUT2D eigenvalue weighted by Crippen LogP contribution is 2.06. The van der Waals surface area contributed by atoms with E-state index in [1.165, 1.54) is 13.2 Å². The molecule has 0 bridgehead atoms. The number of rotatable bonds is 6. The lowest BCUT2D eigenvalue weighted by Gasteiger charge is -2.08. The van der Waals surface area contributed by atoms with E-state index in [9.17, 15) is 14.4 Å². The number of esters is 1. The maximum absolute atomic E-state index is 11.9. The number of methoxy groups -OCH3 is 1. The van der Waals surface area contributed by atoms with Gasteiger partial charge in [-0.15, -0.1) is 0 Å². The number of nitrogens with one attached hydrogen (secondary N) is 2. The number of unbranched alkanes of at least 4 members (excludes halogenated alkanes) is 2. The molecule has 0 aliphatic carbocycles. The molecular formula is C15H20N2O4. The van der Waals surface area contributed by atoms with E-state index in [-0.39, 0.29) is 17.0 Å². The molecule has 2 N–H and O–H groups in total. The zero-order valence-corrected chi connectivity index (χ0v) is 12.3. The number of amides is 2. The van der Waals surface area contributed by atoms with Crippen LogP contribution in [0.5, 0.6) is 0 Å². The number of benzene rings is 1. The lowest BCUT2D eigenvalue weighted by molar-refractivity contribution is -0.121. The Hall–Kier alpha value is -2.37. The summed E-state index contributed by atoms with van der Waals surface area (Å²) in [6.45, 7) is 2.05. The summed E-state index contributed by atoms with van der Waals surface area (Å²) in [7, 11) is 1.27. The molecule has 0 atom stereocenters. The highest BCUT2D eigenvalue weighted by atomic mass is 16.5. The Bertz CT molecular complexity index is 514. The Morgan fingerprint density at radius 2 is 1.81 bits per heavy atom. The molecule has 0 aliphatic heterocycles. The molecule has 0 saturated carbocycles. The maximum atomic E-state index is 11.9. The first kappa shape index (κ1) is 16.7. The molecular weight excluding hydrogens is 272 g/mol. The summed E-state index contributed by atoms with van der Waals surface area (Å²) in [5, 5.41) is 0. The number of ether oxygens (including phenoxy) is 1. The summed E-state index contributed by atoms with van der Waals surface area (Å²) in [5.74, 6) is -1.24. The first-order chi connectivity index (χ1) is 10.1. The second-order valence-electron chi connectivity index (χ2n) is 4.53. The SMILES string of the molecule is CCCCCC(=O)NNC(=O)c1cccc(C(=O)OC)c1. The van der Waals surface area contributed by atoms with Gasteiger partial charge in [-0.25, -0.2) is 4.79 Å². The van der Waals surface area contributed by atoms with Gasteiger partial charge >= 0.3 is 5.97 Å². The fourth-order valence-electron chi connectivity index (χ4n) is 1.70. The van der Waals surface area contributed by atoms with Crippen molar-refractivity contribution in [2.24, 2.45) is 0 Å². The van der Waals surface area contributed by atoms with Gasteiger partial charge in [-0.2, -0.15) is 0 Å². The van der Waals surface area contributed by atoms with E-state index in [0.717, 1.165) is 19.3 Å². The zero-order chi connectivity index (χ0) is 15.7. The van der Waals surface area contributed by atoms with Gasteiger partial charge in [-0.05, 0) is 24.6 Å². The third-order valence-corrected chi connectivity index (χ3v) is 2.87. The van der Waals surface area contributed by atoms with Crippen LogP contribution < -0.4 is 10.9 Å². The summed E-state index contributed by atoms with van der Waals surface area (Å²) in [6.07, 6.45) is 3.16. The minimum Gasteiger partial charge on any atom is -0.465 e. The monoisotopic (exact) mass is 292 g/mol. The first-order valence-electron chi connectivity index (χ1n) is 6.86. The van der Waals surface area contributed by atoms with Crippen LogP contribution in [0.1, 0.15) is 53.3 Å². The smallest absolute Gasteiger partial charge is 0.337 e. The summed E-state index contributed by atoms with van der Waals surface area (Å²) in [4.78, 5) is 34.7. The summed E-state index contributed by atoms with van der Waals surface area (Å²) in [5.41, 5.74) is 5.21. The van der Waals surface area contributed by atoms with Crippen LogP contribution in [0.2, 0.25) is 0 Å². The van der Waals surface area contributed by atoms with Crippen LogP contribution in [0, 0.1) is 0 Å². The third kappa shape index (κ3) is 5.64.